The Balaban J connectivity index is 1.57. The quantitative estimate of drug-likeness (QED) is 0.733. The van der Waals surface area contributed by atoms with Crippen molar-refractivity contribution in [1.82, 2.24) is 9.97 Å². The Labute approximate surface area is 146 Å². The molecule has 122 valence electrons. The molecule has 2 N–H and O–H groups in total. The Morgan fingerprint density at radius 2 is 1.92 bits per heavy atom. The van der Waals surface area contributed by atoms with Gasteiger partial charge in [-0.1, -0.05) is 0 Å². The standard InChI is InChI=1S/C16H14N4O2S2/c1-10-18-13(9-24-10)8-14(21)19-12-4-2-11(3-5-12)15(22)20-16-17-6-7-23-16/h2-7,9H,8H2,1H3,(H,19,21)(H,17,20,22). The third-order valence-electron chi connectivity index (χ3n) is 3.09. The molecule has 0 bridgehead atoms. The van der Waals surface area contributed by atoms with Gasteiger partial charge in [0.15, 0.2) is 5.13 Å². The van der Waals surface area contributed by atoms with Gasteiger partial charge in [0.1, 0.15) is 0 Å². The number of anilines is 2. The molecule has 24 heavy (non-hydrogen) atoms. The summed E-state index contributed by atoms with van der Waals surface area (Å²) in [5.41, 5.74) is 1.89. The zero-order chi connectivity index (χ0) is 16.9. The molecule has 0 saturated carbocycles. The summed E-state index contributed by atoms with van der Waals surface area (Å²) in [7, 11) is 0. The maximum atomic E-state index is 12.1. The summed E-state index contributed by atoms with van der Waals surface area (Å²) in [6.07, 6.45) is 1.86. The summed E-state index contributed by atoms with van der Waals surface area (Å²) < 4.78 is 0. The molecule has 0 unspecified atom stereocenters. The van der Waals surface area contributed by atoms with Crippen LogP contribution in [0.25, 0.3) is 0 Å². The van der Waals surface area contributed by atoms with Crippen LogP contribution in [-0.4, -0.2) is 21.8 Å². The van der Waals surface area contributed by atoms with Gasteiger partial charge in [-0.25, -0.2) is 9.97 Å². The smallest absolute Gasteiger partial charge is 0.257 e. The molecule has 6 nitrogen and oxygen atoms in total. The van der Waals surface area contributed by atoms with Crippen LogP contribution in [0.2, 0.25) is 0 Å². The summed E-state index contributed by atoms with van der Waals surface area (Å²) in [5.74, 6) is -0.374. The molecule has 2 amide bonds. The third kappa shape index (κ3) is 4.24. The molecule has 0 atom stereocenters. The zero-order valence-corrected chi connectivity index (χ0v) is 14.4. The number of rotatable bonds is 5. The lowest BCUT2D eigenvalue weighted by molar-refractivity contribution is -0.115. The second kappa shape index (κ2) is 7.33. The predicted octanol–water partition coefficient (Wildman–Crippen LogP) is 3.34. The lowest BCUT2D eigenvalue weighted by Gasteiger charge is -2.06. The fraction of sp³-hybridized carbons (Fsp3) is 0.125. The molecule has 2 heterocycles. The van der Waals surface area contributed by atoms with Crippen molar-refractivity contribution in [3.8, 4) is 0 Å². The van der Waals surface area contributed by atoms with E-state index in [1.54, 1.807) is 35.8 Å². The van der Waals surface area contributed by atoms with Gasteiger partial charge in [0.2, 0.25) is 5.91 Å². The number of hydrogen-bond acceptors (Lipinski definition) is 6. The van der Waals surface area contributed by atoms with Crippen molar-refractivity contribution in [2.45, 2.75) is 13.3 Å². The van der Waals surface area contributed by atoms with Gasteiger partial charge in [-0.3, -0.25) is 14.9 Å². The molecule has 0 aliphatic rings. The molecule has 1 aromatic carbocycles. The Morgan fingerprint density at radius 3 is 2.54 bits per heavy atom. The molecule has 0 spiro atoms. The lowest BCUT2D eigenvalue weighted by atomic mass is 10.2. The number of hydrogen-bond donors (Lipinski definition) is 2. The minimum Gasteiger partial charge on any atom is -0.326 e. The predicted molar refractivity (Wildman–Crippen MR) is 95.7 cm³/mol. The van der Waals surface area contributed by atoms with E-state index in [0.29, 0.717) is 16.4 Å². The van der Waals surface area contributed by atoms with Gasteiger partial charge < -0.3 is 5.32 Å². The van der Waals surface area contributed by atoms with E-state index in [-0.39, 0.29) is 18.2 Å². The van der Waals surface area contributed by atoms with Gasteiger partial charge in [-0.2, -0.15) is 0 Å². The molecule has 2 aromatic heterocycles. The summed E-state index contributed by atoms with van der Waals surface area (Å²) in [4.78, 5) is 32.3. The van der Waals surface area contributed by atoms with Gasteiger partial charge in [0.25, 0.3) is 5.91 Å². The van der Waals surface area contributed by atoms with E-state index < -0.39 is 0 Å². The van der Waals surface area contributed by atoms with Gasteiger partial charge in [-0.05, 0) is 31.2 Å². The van der Waals surface area contributed by atoms with Crippen molar-refractivity contribution in [2.75, 3.05) is 10.6 Å². The fourth-order valence-corrected chi connectivity index (χ4v) is 3.16. The molecule has 8 heteroatoms. The fourth-order valence-electron chi connectivity index (χ4n) is 2.02. The number of nitrogens with one attached hydrogen (secondary N) is 2. The van der Waals surface area contributed by atoms with Gasteiger partial charge >= 0.3 is 0 Å². The maximum absolute atomic E-state index is 12.1. The second-order valence-electron chi connectivity index (χ2n) is 4.95. The molecule has 0 aliphatic heterocycles. The number of carbonyl (C=O) groups is 2. The largest absolute Gasteiger partial charge is 0.326 e. The van der Waals surface area contributed by atoms with Crippen molar-refractivity contribution in [3.05, 3.63) is 57.5 Å². The Kier molecular flexibility index (Phi) is 4.97. The van der Waals surface area contributed by atoms with Crippen LogP contribution in [0.1, 0.15) is 21.1 Å². The van der Waals surface area contributed by atoms with Crippen LogP contribution in [0.4, 0.5) is 10.8 Å². The van der Waals surface area contributed by atoms with E-state index in [2.05, 4.69) is 20.6 Å². The van der Waals surface area contributed by atoms with Crippen LogP contribution in [0.5, 0.6) is 0 Å². The van der Waals surface area contributed by atoms with E-state index >= 15 is 0 Å². The van der Waals surface area contributed by atoms with E-state index in [9.17, 15) is 9.59 Å². The second-order valence-corrected chi connectivity index (χ2v) is 6.91. The first kappa shape index (κ1) is 16.3. The first-order chi connectivity index (χ1) is 11.6. The molecule has 0 fully saturated rings. The van der Waals surface area contributed by atoms with E-state index in [1.165, 1.54) is 22.7 Å². The number of thiazole rings is 2. The van der Waals surface area contributed by atoms with Crippen LogP contribution in [0.15, 0.2) is 41.2 Å². The Hall–Kier alpha value is -2.58. The van der Waals surface area contributed by atoms with Crippen molar-refractivity contribution in [3.63, 3.8) is 0 Å². The monoisotopic (exact) mass is 358 g/mol. The number of aromatic nitrogens is 2. The molecular formula is C16H14N4O2S2. The first-order valence-electron chi connectivity index (χ1n) is 7.12. The average Bonchev–Trinajstić information content (AvgIpc) is 3.20. The van der Waals surface area contributed by atoms with Gasteiger partial charge in [0.05, 0.1) is 17.1 Å². The van der Waals surface area contributed by atoms with Crippen molar-refractivity contribution >= 4 is 45.3 Å². The summed E-state index contributed by atoms with van der Waals surface area (Å²) in [6, 6.07) is 6.71. The van der Waals surface area contributed by atoms with Crippen LogP contribution >= 0.6 is 22.7 Å². The SMILES string of the molecule is Cc1nc(CC(=O)Nc2ccc(C(=O)Nc3nccs3)cc2)cs1. The van der Waals surface area contributed by atoms with E-state index in [4.69, 9.17) is 0 Å². The Morgan fingerprint density at radius 1 is 1.12 bits per heavy atom. The van der Waals surface area contributed by atoms with E-state index in [1.807, 2.05) is 12.3 Å². The molecule has 0 radical (unpaired) electrons. The van der Waals surface area contributed by atoms with E-state index in [0.717, 1.165) is 10.7 Å². The highest BCUT2D eigenvalue weighted by Crippen LogP contribution is 2.15. The first-order valence-corrected chi connectivity index (χ1v) is 8.88. The molecule has 3 aromatic rings. The zero-order valence-electron chi connectivity index (χ0n) is 12.8. The highest BCUT2D eigenvalue weighted by molar-refractivity contribution is 7.13. The number of aryl methyl sites for hydroxylation is 1. The topological polar surface area (TPSA) is 84.0 Å². The van der Waals surface area contributed by atoms with Crippen molar-refractivity contribution in [1.29, 1.82) is 0 Å². The normalized spacial score (nSPS) is 10.4. The minimum absolute atomic E-state index is 0.139. The van der Waals surface area contributed by atoms with Crippen LogP contribution in [0, 0.1) is 6.92 Å². The summed E-state index contributed by atoms with van der Waals surface area (Å²) in [5, 5.41) is 10.7. The molecule has 0 aliphatic carbocycles. The van der Waals surface area contributed by atoms with Crippen molar-refractivity contribution in [2.24, 2.45) is 0 Å². The maximum Gasteiger partial charge on any atom is 0.257 e. The van der Waals surface area contributed by atoms with Crippen molar-refractivity contribution < 1.29 is 9.59 Å². The number of carbonyl (C=O) groups excluding carboxylic acids is 2. The molecule has 3 rings (SSSR count). The third-order valence-corrected chi connectivity index (χ3v) is 4.60. The van der Waals surface area contributed by atoms with Gasteiger partial charge in [-0.15, -0.1) is 22.7 Å². The highest BCUT2D eigenvalue weighted by Gasteiger charge is 2.09. The molecular weight excluding hydrogens is 344 g/mol. The highest BCUT2D eigenvalue weighted by atomic mass is 32.1. The Bertz CT molecular complexity index is 841. The summed E-state index contributed by atoms with van der Waals surface area (Å²) >= 11 is 2.87. The van der Waals surface area contributed by atoms with Gasteiger partial charge in [0, 0.05) is 28.2 Å². The van der Waals surface area contributed by atoms with Crippen LogP contribution in [0.3, 0.4) is 0 Å². The van der Waals surface area contributed by atoms with Crippen LogP contribution < -0.4 is 10.6 Å². The number of nitrogens with zero attached hydrogens (tertiary/aromatic N) is 2. The van der Waals surface area contributed by atoms with Crippen LogP contribution in [-0.2, 0) is 11.2 Å². The minimum atomic E-state index is -0.235. The summed E-state index contributed by atoms with van der Waals surface area (Å²) in [6.45, 7) is 1.90. The number of benzene rings is 1. The average molecular weight is 358 g/mol. The number of amides is 2. The molecule has 0 saturated heterocycles. The lowest BCUT2D eigenvalue weighted by Crippen LogP contribution is -2.15.